The van der Waals surface area contributed by atoms with E-state index in [4.69, 9.17) is 20.4 Å². The molecule has 14 heavy (non-hydrogen) atoms. The maximum Gasteiger partial charge on any atom is 0.251 e. The molecule has 6 nitrogen and oxygen atoms in total. The predicted molar refractivity (Wildman–Crippen MR) is 64.3 cm³/mol. The fourth-order valence-electron chi connectivity index (χ4n) is 0. The minimum absolute atomic E-state index is 0.250. The predicted octanol–water partition coefficient (Wildman–Crippen LogP) is -0.427. The summed E-state index contributed by atoms with van der Waals surface area (Å²) in [5, 5.41) is 29.3. The van der Waals surface area contributed by atoms with Gasteiger partial charge in [0.05, 0.1) is 0 Å². The SMILES string of the molecule is CCO.CCO.NC(O)=S.NC(O)=S. The molecule has 0 fully saturated rings. The maximum absolute atomic E-state index is 7.57. The summed E-state index contributed by atoms with van der Waals surface area (Å²) in [6.07, 6.45) is 0. The van der Waals surface area contributed by atoms with E-state index in [-0.39, 0.29) is 13.2 Å². The Morgan fingerprint density at radius 2 is 0.929 bits per heavy atom. The Bertz CT molecular complexity index is 102. The van der Waals surface area contributed by atoms with Crippen LogP contribution in [-0.2, 0) is 0 Å². The third-order valence-corrected chi connectivity index (χ3v) is 0. The van der Waals surface area contributed by atoms with E-state index in [1.54, 1.807) is 13.8 Å². The first-order valence-electron chi connectivity index (χ1n) is 3.48. The van der Waals surface area contributed by atoms with Gasteiger partial charge >= 0.3 is 0 Å². The van der Waals surface area contributed by atoms with Gasteiger partial charge in [-0.1, -0.05) is 0 Å². The van der Waals surface area contributed by atoms with Crippen LogP contribution in [-0.4, -0.2) is 44.0 Å². The number of thiocarbonyl (C=S) groups is 2. The fourth-order valence-corrected chi connectivity index (χ4v) is 0. The van der Waals surface area contributed by atoms with Crippen molar-refractivity contribution in [3.63, 3.8) is 0 Å². The molecule has 0 amide bonds. The van der Waals surface area contributed by atoms with Crippen LogP contribution in [0.2, 0.25) is 0 Å². The Hall–Kier alpha value is -0.700. The van der Waals surface area contributed by atoms with E-state index in [0.717, 1.165) is 0 Å². The monoisotopic (exact) mass is 246 g/mol. The van der Waals surface area contributed by atoms with Crippen molar-refractivity contribution in [3.8, 4) is 0 Å². The molecule has 0 unspecified atom stereocenters. The standard InChI is InChI=1S/2C2H6O.2CH3NOS/c2*1-2-3;2*2-1(3)4/h2*3H,2H2,1H3;2*(H3,2,3,4). The van der Waals surface area contributed by atoms with Crippen LogP contribution in [0.5, 0.6) is 0 Å². The molecular formula is C6H18N2O4S2. The van der Waals surface area contributed by atoms with E-state index in [9.17, 15) is 0 Å². The summed E-state index contributed by atoms with van der Waals surface area (Å²) in [6.45, 7) is 3.86. The second kappa shape index (κ2) is 29.5. The summed E-state index contributed by atoms with van der Waals surface area (Å²) in [5.74, 6) is 0. The molecule has 0 aliphatic rings. The number of rotatable bonds is 0. The average Bonchev–Trinajstić information content (AvgIpc) is 1.85. The molecule has 0 aliphatic carbocycles. The van der Waals surface area contributed by atoms with Gasteiger partial charge in [-0.05, 0) is 38.3 Å². The molecule has 8 N–H and O–H groups in total. The Balaban J connectivity index is -0.0000000482. The van der Waals surface area contributed by atoms with E-state index < -0.39 is 10.3 Å². The van der Waals surface area contributed by atoms with Gasteiger partial charge in [0.25, 0.3) is 10.3 Å². The van der Waals surface area contributed by atoms with Gasteiger partial charge in [0.15, 0.2) is 0 Å². The van der Waals surface area contributed by atoms with Crippen LogP contribution in [0.3, 0.4) is 0 Å². The molecule has 0 aromatic heterocycles. The third kappa shape index (κ3) is 2450. The lowest BCUT2D eigenvalue weighted by atomic mass is 10.9. The Kier molecular flexibility index (Phi) is 49.0. The van der Waals surface area contributed by atoms with Crippen molar-refractivity contribution in [3.05, 3.63) is 0 Å². The molecule has 0 bridgehead atoms. The second-order valence-corrected chi connectivity index (χ2v) is 2.15. The largest absolute Gasteiger partial charge is 0.487 e. The molecule has 0 aliphatic heterocycles. The zero-order chi connectivity index (χ0) is 12.6. The van der Waals surface area contributed by atoms with Gasteiger partial charge in [0.1, 0.15) is 0 Å². The second-order valence-electron chi connectivity index (χ2n) is 1.31. The maximum atomic E-state index is 7.57. The van der Waals surface area contributed by atoms with Crippen molar-refractivity contribution < 1.29 is 20.4 Å². The van der Waals surface area contributed by atoms with E-state index in [1.807, 2.05) is 0 Å². The van der Waals surface area contributed by atoms with Crippen molar-refractivity contribution in [1.82, 2.24) is 0 Å². The summed E-state index contributed by atoms with van der Waals surface area (Å²) >= 11 is 7.74. The van der Waals surface area contributed by atoms with E-state index in [1.165, 1.54) is 0 Å². The highest BCUT2D eigenvalue weighted by atomic mass is 32.1. The Morgan fingerprint density at radius 3 is 0.929 bits per heavy atom. The van der Waals surface area contributed by atoms with Crippen molar-refractivity contribution in [1.29, 1.82) is 0 Å². The van der Waals surface area contributed by atoms with Gasteiger partial charge in [-0.15, -0.1) is 0 Å². The smallest absolute Gasteiger partial charge is 0.251 e. The van der Waals surface area contributed by atoms with Gasteiger partial charge in [-0.3, -0.25) is 0 Å². The lowest BCUT2D eigenvalue weighted by Crippen LogP contribution is -2.03. The molecule has 0 saturated carbocycles. The minimum Gasteiger partial charge on any atom is -0.487 e. The van der Waals surface area contributed by atoms with Gasteiger partial charge in [0, 0.05) is 13.2 Å². The molecular weight excluding hydrogens is 228 g/mol. The van der Waals surface area contributed by atoms with Crippen molar-refractivity contribution in [2.45, 2.75) is 13.8 Å². The van der Waals surface area contributed by atoms with Gasteiger partial charge in [-0.25, -0.2) is 0 Å². The molecule has 0 spiro atoms. The molecule has 8 heteroatoms. The van der Waals surface area contributed by atoms with Crippen LogP contribution in [0.4, 0.5) is 0 Å². The molecule has 88 valence electrons. The third-order valence-electron chi connectivity index (χ3n) is 0. The number of aliphatic hydroxyl groups excluding tert-OH is 4. The Morgan fingerprint density at radius 1 is 0.929 bits per heavy atom. The zero-order valence-electron chi connectivity index (χ0n) is 8.17. The first-order valence-corrected chi connectivity index (χ1v) is 4.30. The summed E-state index contributed by atoms with van der Waals surface area (Å²) in [7, 11) is 0. The van der Waals surface area contributed by atoms with Crippen LogP contribution in [0.1, 0.15) is 13.8 Å². The zero-order valence-corrected chi connectivity index (χ0v) is 9.81. The summed E-state index contributed by atoms with van der Waals surface area (Å²) in [5.41, 5.74) is 8.80. The summed E-state index contributed by atoms with van der Waals surface area (Å²) < 4.78 is 0. The normalized spacial score (nSPS) is 6.00. The van der Waals surface area contributed by atoms with Gasteiger partial charge in [-0.2, -0.15) is 0 Å². The Labute approximate surface area is 94.2 Å². The van der Waals surface area contributed by atoms with Crippen molar-refractivity contribution >= 4 is 34.8 Å². The molecule has 0 rings (SSSR count). The summed E-state index contributed by atoms with van der Waals surface area (Å²) in [6, 6.07) is 0. The van der Waals surface area contributed by atoms with Crippen LogP contribution in [0.15, 0.2) is 0 Å². The average molecular weight is 246 g/mol. The highest BCUT2D eigenvalue weighted by molar-refractivity contribution is 7.80. The lowest BCUT2D eigenvalue weighted by Gasteiger charge is -1.67. The first-order chi connectivity index (χ1) is 6.29. The highest BCUT2D eigenvalue weighted by Crippen LogP contribution is 1.40. The van der Waals surface area contributed by atoms with Crippen LogP contribution >= 0.6 is 24.4 Å². The minimum atomic E-state index is -0.500. The molecule has 0 atom stereocenters. The molecule has 0 aromatic rings. The fraction of sp³-hybridized carbons (Fsp3) is 0.667. The lowest BCUT2D eigenvalue weighted by molar-refractivity contribution is 0.318. The van der Waals surface area contributed by atoms with Crippen molar-refractivity contribution in [2.75, 3.05) is 13.2 Å². The number of nitrogens with two attached hydrogens (primary N) is 2. The number of aliphatic hydroxyl groups is 4. The van der Waals surface area contributed by atoms with E-state index >= 15 is 0 Å². The van der Waals surface area contributed by atoms with Gasteiger partial charge in [0.2, 0.25) is 0 Å². The van der Waals surface area contributed by atoms with Crippen LogP contribution < -0.4 is 11.5 Å². The van der Waals surface area contributed by atoms with E-state index in [2.05, 4.69) is 35.9 Å². The highest BCUT2D eigenvalue weighted by Gasteiger charge is 1.57. The van der Waals surface area contributed by atoms with Crippen molar-refractivity contribution in [2.24, 2.45) is 11.5 Å². The van der Waals surface area contributed by atoms with Crippen LogP contribution in [0.25, 0.3) is 0 Å². The number of hydrogen-bond donors (Lipinski definition) is 6. The first kappa shape index (κ1) is 23.3. The molecule has 0 aromatic carbocycles. The molecule has 0 saturated heterocycles. The van der Waals surface area contributed by atoms with Gasteiger partial charge < -0.3 is 31.9 Å². The van der Waals surface area contributed by atoms with Crippen LogP contribution in [0, 0.1) is 0 Å². The molecule has 0 heterocycles. The van der Waals surface area contributed by atoms with E-state index in [0.29, 0.717) is 0 Å². The number of hydrogen-bond acceptors (Lipinski definition) is 4. The summed E-state index contributed by atoms with van der Waals surface area (Å²) in [4.78, 5) is 0. The topological polar surface area (TPSA) is 133 Å². The molecule has 0 radical (unpaired) electrons. The quantitative estimate of drug-likeness (QED) is 0.317.